The van der Waals surface area contributed by atoms with E-state index in [2.05, 4.69) is 24.2 Å². The van der Waals surface area contributed by atoms with Crippen molar-refractivity contribution in [3.05, 3.63) is 0 Å². The van der Waals surface area contributed by atoms with Crippen LogP contribution in [0, 0.1) is 0 Å². The van der Waals surface area contributed by atoms with Crippen molar-refractivity contribution in [1.82, 2.24) is 10.2 Å². The van der Waals surface area contributed by atoms with E-state index >= 15 is 0 Å². The van der Waals surface area contributed by atoms with Gasteiger partial charge in [-0.2, -0.15) is 0 Å². The van der Waals surface area contributed by atoms with E-state index in [1.807, 2.05) is 0 Å². The lowest BCUT2D eigenvalue weighted by molar-refractivity contribution is -0.146. The van der Waals surface area contributed by atoms with Gasteiger partial charge in [-0.1, -0.05) is 26.2 Å². The largest absolute Gasteiger partial charge is 0.480 e. The number of rotatable bonds is 6. The van der Waals surface area contributed by atoms with E-state index in [9.17, 15) is 9.90 Å². The highest BCUT2D eigenvalue weighted by molar-refractivity contribution is 5.78. The molecule has 0 aliphatic heterocycles. The minimum atomic E-state index is -0.675. The Morgan fingerprint density at radius 2 is 2.00 bits per heavy atom. The fourth-order valence-electron chi connectivity index (χ4n) is 2.27. The Morgan fingerprint density at radius 1 is 1.38 bits per heavy atom. The molecule has 4 nitrogen and oxygen atoms in total. The van der Waals surface area contributed by atoms with Crippen molar-refractivity contribution >= 4 is 5.97 Å². The monoisotopic (exact) mass is 228 g/mol. The Hall–Kier alpha value is -0.610. The maximum atomic E-state index is 11.3. The summed E-state index contributed by atoms with van der Waals surface area (Å²) in [5, 5.41) is 12.6. The Morgan fingerprint density at radius 3 is 2.50 bits per heavy atom. The molecule has 1 aliphatic carbocycles. The molecule has 16 heavy (non-hydrogen) atoms. The summed E-state index contributed by atoms with van der Waals surface area (Å²) in [6.07, 6.45) is 4.79. The highest BCUT2D eigenvalue weighted by Crippen LogP contribution is 2.28. The number of hydrogen-bond acceptors (Lipinski definition) is 3. The molecule has 0 atom stereocenters. The Balaban J connectivity index is 2.42. The third-order valence-electron chi connectivity index (χ3n) is 3.61. The first-order valence-corrected chi connectivity index (χ1v) is 6.28. The maximum Gasteiger partial charge on any atom is 0.323 e. The van der Waals surface area contributed by atoms with Crippen molar-refractivity contribution in [3.63, 3.8) is 0 Å². The van der Waals surface area contributed by atoms with Gasteiger partial charge >= 0.3 is 5.97 Å². The normalized spacial score (nSPS) is 19.9. The minimum absolute atomic E-state index is 0.646. The number of carboxylic acid groups (broad SMARTS) is 1. The van der Waals surface area contributed by atoms with Gasteiger partial charge in [-0.05, 0) is 26.4 Å². The standard InChI is InChI=1S/C12H24N2O2/c1-3-14(2)10-9-13-12(11(15)16)7-5-4-6-8-12/h13H,3-10H2,1-2H3,(H,15,16). The molecule has 0 aromatic heterocycles. The fourth-order valence-corrected chi connectivity index (χ4v) is 2.27. The predicted molar refractivity (Wildman–Crippen MR) is 64.6 cm³/mol. The smallest absolute Gasteiger partial charge is 0.323 e. The van der Waals surface area contributed by atoms with E-state index in [1.165, 1.54) is 6.42 Å². The first kappa shape index (κ1) is 13.5. The topological polar surface area (TPSA) is 52.6 Å². The van der Waals surface area contributed by atoms with Crippen molar-refractivity contribution in [2.75, 3.05) is 26.7 Å². The summed E-state index contributed by atoms with van der Waals surface area (Å²) in [4.78, 5) is 13.5. The molecule has 4 heteroatoms. The Labute approximate surface area is 98.0 Å². The number of hydrogen-bond donors (Lipinski definition) is 2. The van der Waals surface area contributed by atoms with Gasteiger partial charge in [0, 0.05) is 13.1 Å². The second-order valence-electron chi connectivity index (χ2n) is 4.77. The van der Waals surface area contributed by atoms with Crippen LogP contribution in [0.15, 0.2) is 0 Å². The highest BCUT2D eigenvalue weighted by Gasteiger charge is 2.38. The van der Waals surface area contributed by atoms with Crippen molar-refractivity contribution in [1.29, 1.82) is 0 Å². The predicted octanol–water partition coefficient (Wildman–Crippen LogP) is 1.32. The van der Waals surface area contributed by atoms with Crippen LogP contribution in [0.2, 0.25) is 0 Å². The summed E-state index contributed by atoms with van der Waals surface area (Å²) >= 11 is 0. The molecule has 0 aromatic rings. The second-order valence-corrected chi connectivity index (χ2v) is 4.77. The molecule has 1 aliphatic rings. The molecule has 1 rings (SSSR count). The van der Waals surface area contributed by atoms with Crippen LogP contribution in [0.5, 0.6) is 0 Å². The molecule has 0 amide bonds. The van der Waals surface area contributed by atoms with Gasteiger partial charge in [-0.15, -0.1) is 0 Å². The number of nitrogens with zero attached hydrogens (tertiary/aromatic N) is 1. The van der Waals surface area contributed by atoms with Crippen LogP contribution in [-0.4, -0.2) is 48.2 Å². The number of aliphatic carboxylic acids is 1. The lowest BCUT2D eigenvalue weighted by atomic mass is 9.81. The van der Waals surface area contributed by atoms with Crippen LogP contribution in [0.4, 0.5) is 0 Å². The molecule has 0 bridgehead atoms. The van der Waals surface area contributed by atoms with E-state index < -0.39 is 11.5 Å². The van der Waals surface area contributed by atoms with Crippen LogP contribution < -0.4 is 5.32 Å². The maximum absolute atomic E-state index is 11.3. The van der Waals surface area contributed by atoms with Crippen molar-refractivity contribution in [2.24, 2.45) is 0 Å². The van der Waals surface area contributed by atoms with Gasteiger partial charge in [0.05, 0.1) is 0 Å². The van der Waals surface area contributed by atoms with Crippen LogP contribution in [0.25, 0.3) is 0 Å². The zero-order chi connectivity index (χ0) is 12.0. The Kier molecular flexibility index (Phi) is 5.22. The van der Waals surface area contributed by atoms with Gasteiger partial charge in [-0.25, -0.2) is 0 Å². The van der Waals surface area contributed by atoms with E-state index in [0.717, 1.165) is 45.3 Å². The molecule has 0 radical (unpaired) electrons. The molecule has 0 heterocycles. The quantitative estimate of drug-likeness (QED) is 0.720. The summed E-state index contributed by atoms with van der Waals surface area (Å²) in [6, 6.07) is 0. The van der Waals surface area contributed by atoms with Gasteiger partial charge in [0.15, 0.2) is 0 Å². The van der Waals surface area contributed by atoms with Gasteiger partial charge in [0.1, 0.15) is 5.54 Å². The first-order valence-electron chi connectivity index (χ1n) is 6.28. The van der Waals surface area contributed by atoms with Crippen LogP contribution in [-0.2, 0) is 4.79 Å². The molecule has 94 valence electrons. The third kappa shape index (κ3) is 3.46. The molecule has 2 N–H and O–H groups in total. The minimum Gasteiger partial charge on any atom is -0.480 e. The number of nitrogens with one attached hydrogen (secondary N) is 1. The van der Waals surface area contributed by atoms with Gasteiger partial charge < -0.3 is 15.3 Å². The first-order chi connectivity index (χ1) is 7.60. The average molecular weight is 228 g/mol. The number of carboxylic acids is 1. The number of likely N-dealkylation sites (N-methyl/N-ethyl adjacent to an activating group) is 1. The molecule has 0 unspecified atom stereocenters. The number of carbonyl (C=O) groups is 1. The summed E-state index contributed by atoms with van der Waals surface area (Å²) in [5.74, 6) is -0.675. The van der Waals surface area contributed by atoms with E-state index in [4.69, 9.17) is 0 Å². The van der Waals surface area contributed by atoms with Gasteiger partial charge in [0.2, 0.25) is 0 Å². The Bertz CT molecular complexity index is 225. The van der Waals surface area contributed by atoms with Crippen molar-refractivity contribution in [2.45, 2.75) is 44.6 Å². The molecule has 0 saturated heterocycles. The van der Waals surface area contributed by atoms with Crippen molar-refractivity contribution < 1.29 is 9.90 Å². The van der Waals surface area contributed by atoms with Crippen LogP contribution >= 0.6 is 0 Å². The molecule has 0 spiro atoms. The molecule has 0 aromatic carbocycles. The van der Waals surface area contributed by atoms with Crippen LogP contribution in [0.3, 0.4) is 0 Å². The van der Waals surface area contributed by atoms with Crippen molar-refractivity contribution in [3.8, 4) is 0 Å². The fraction of sp³-hybridized carbons (Fsp3) is 0.917. The van der Waals surface area contributed by atoms with Gasteiger partial charge in [-0.3, -0.25) is 4.79 Å². The zero-order valence-electron chi connectivity index (χ0n) is 10.5. The summed E-state index contributed by atoms with van der Waals surface area (Å²) < 4.78 is 0. The lowest BCUT2D eigenvalue weighted by Crippen LogP contribution is -2.54. The van der Waals surface area contributed by atoms with E-state index in [-0.39, 0.29) is 0 Å². The third-order valence-corrected chi connectivity index (χ3v) is 3.61. The second kappa shape index (κ2) is 6.21. The molecule has 1 fully saturated rings. The lowest BCUT2D eigenvalue weighted by Gasteiger charge is -2.34. The SMILES string of the molecule is CCN(C)CCNC1(C(=O)O)CCCCC1. The van der Waals surface area contributed by atoms with Gasteiger partial charge in [0.25, 0.3) is 0 Å². The summed E-state index contributed by atoms with van der Waals surface area (Å²) in [5.41, 5.74) is -0.646. The molecular weight excluding hydrogens is 204 g/mol. The van der Waals surface area contributed by atoms with E-state index in [1.54, 1.807) is 0 Å². The van der Waals surface area contributed by atoms with Crippen LogP contribution in [0.1, 0.15) is 39.0 Å². The summed E-state index contributed by atoms with van der Waals surface area (Å²) in [6.45, 7) is 4.78. The molecule has 1 saturated carbocycles. The highest BCUT2D eigenvalue weighted by atomic mass is 16.4. The average Bonchev–Trinajstić information content (AvgIpc) is 2.30. The molecular formula is C12H24N2O2. The zero-order valence-corrected chi connectivity index (χ0v) is 10.5. The van der Waals surface area contributed by atoms with E-state index in [0.29, 0.717) is 0 Å². The summed E-state index contributed by atoms with van der Waals surface area (Å²) in [7, 11) is 2.05.